The molecule has 0 aliphatic carbocycles. The lowest BCUT2D eigenvalue weighted by Crippen LogP contribution is -2.17. The molecule has 18 heavy (non-hydrogen) atoms. The predicted molar refractivity (Wildman–Crippen MR) is 67.7 cm³/mol. The summed E-state index contributed by atoms with van der Waals surface area (Å²) in [5.74, 6) is -0.328. The number of hydrogen-bond donors (Lipinski definition) is 1. The molecular formula is C13H17NO4. The molecule has 0 bridgehead atoms. The minimum absolute atomic E-state index is 0.260. The summed E-state index contributed by atoms with van der Waals surface area (Å²) in [7, 11) is 0. The van der Waals surface area contributed by atoms with Crippen LogP contribution in [0.3, 0.4) is 0 Å². The molecule has 5 heteroatoms. The van der Waals surface area contributed by atoms with E-state index in [4.69, 9.17) is 9.84 Å². The van der Waals surface area contributed by atoms with E-state index in [-0.39, 0.29) is 6.42 Å². The zero-order valence-corrected chi connectivity index (χ0v) is 10.3. The Kier molecular flexibility index (Phi) is 5.84. The van der Waals surface area contributed by atoms with Crippen LogP contribution < -0.4 is 4.74 Å². The number of aryl methyl sites for hydroxylation is 1. The molecule has 98 valence electrons. The second kappa shape index (κ2) is 7.42. The van der Waals surface area contributed by atoms with Crippen LogP contribution in [-0.4, -0.2) is 23.7 Å². The van der Waals surface area contributed by atoms with Crippen molar-refractivity contribution in [1.82, 2.24) is 0 Å². The van der Waals surface area contributed by atoms with E-state index in [1.807, 2.05) is 31.2 Å². The first-order valence-corrected chi connectivity index (χ1v) is 5.89. The zero-order chi connectivity index (χ0) is 13.4. The van der Waals surface area contributed by atoms with Gasteiger partial charge in [-0.2, -0.15) is 0 Å². The van der Waals surface area contributed by atoms with Crippen molar-refractivity contribution >= 4 is 5.97 Å². The maximum absolute atomic E-state index is 10.5. The van der Waals surface area contributed by atoms with E-state index in [2.05, 4.69) is 5.18 Å². The van der Waals surface area contributed by atoms with Gasteiger partial charge in [-0.25, -0.2) is 4.79 Å². The summed E-state index contributed by atoms with van der Waals surface area (Å²) in [6.45, 7) is 2.47. The number of ether oxygens (including phenoxy) is 1. The van der Waals surface area contributed by atoms with Crippen molar-refractivity contribution < 1.29 is 14.6 Å². The van der Waals surface area contributed by atoms with Gasteiger partial charge < -0.3 is 9.84 Å². The molecular weight excluding hydrogens is 234 g/mol. The van der Waals surface area contributed by atoms with Gasteiger partial charge in [0, 0.05) is 0 Å². The second-order valence-electron chi connectivity index (χ2n) is 4.07. The van der Waals surface area contributed by atoms with Crippen molar-refractivity contribution in [3.63, 3.8) is 0 Å². The van der Waals surface area contributed by atoms with E-state index >= 15 is 0 Å². The number of hydrogen-bond acceptors (Lipinski definition) is 4. The van der Waals surface area contributed by atoms with E-state index in [0.29, 0.717) is 19.4 Å². The molecule has 0 aliphatic rings. The molecule has 0 aliphatic heterocycles. The molecule has 0 saturated carbocycles. The van der Waals surface area contributed by atoms with Gasteiger partial charge in [0.05, 0.1) is 6.61 Å². The Morgan fingerprint density at radius 3 is 2.72 bits per heavy atom. The maximum Gasteiger partial charge on any atom is 0.332 e. The number of unbranched alkanes of at least 4 members (excludes halogenated alkanes) is 1. The number of carbonyl (C=O) groups is 1. The molecule has 1 atom stereocenters. The Balaban J connectivity index is 2.21. The number of aliphatic carboxylic acids is 1. The minimum atomic E-state index is -1.16. The lowest BCUT2D eigenvalue weighted by molar-refractivity contribution is -0.138. The topological polar surface area (TPSA) is 76.0 Å². The van der Waals surface area contributed by atoms with Crippen molar-refractivity contribution in [2.75, 3.05) is 6.61 Å². The predicted octanol–water partition coefficient (Wildman–Crippen LogP) is 2.76. The number of nitrogens with zero attached hydrogens (tertiary/aromatic N) is 1. The monoisotopic (exact) mass is 251 g/mol. The van der Waals surface area contributed by atoms with Gasteiger partial charge in [0.2, 0.25) is 0 Å². The number of para-hydroxylation sites is 1. The highest BCUT2D eigenvalue weighted by atomic mass is 16.5. The first-order chi connectivity index (χ1) is 8.65. The molecule has 0 radical (unpaired) electrons. The van der Waals surface area contributed by atoms with Crippen LogP contribution in [-0.2, 0) is 4.79 Å². The summed E-state index contributed by atoms with van der Waals surface area (Å²) in [5, 5.41) is 11.2. The molecule has 0 saturated heterocycles. The normalized spacial score (nSPS) is 11.8. The second-order valence-corrected chi connectivity index (χ2v) is 4.07. The fourth-order valence-electron chi connectivity index (χ4n) is 1.56. The number of nitroso groups, excluding NO2 is 1. The molecule has 0 amide bonds. The number of carboxylic acids is 1. The average molecular weight is 251 g/mol. The van der Waals surface area contributed by atoms with Crippen molar-refractivity contribution in [2.24, 2.45) is 5.18 Å². The van der Waals surface area contributed by atoms with Gasteiger partial charge in [-0.1, -0.05) is 23.4 Å². The first kappa shape index (κ1) is 14.2. The minimum Gasteiger partial charge on any atom is -0.493 e. The summed E-state index contributed by atoms with van der Waals surface area (Å²) < 4.78 is 5.56. The third-order valence-electron chi connectivity index (χ3n) is 2.64. The fraction of sp³-hybridized carbons (Fsp3) is 0.462. The van der Waals surface area contributed by atoms with E-state index in [1.54, 1.807) is 0 Å². The SMILES string of the molecule is Cc1ccccc1OCCCCC(N=O)C(=O)O. The highest BCUT2D eigenvalue weighted by Crippen LogP contribution is 2.16. The number of rotatable bonds is 8. The van der Waals surface area contributed by atoms with Gasteiger partial charge in [-0.3, -0.25) is 0 Å². The standard InChI is InChI=1S/C13H17NO4/c1-10-6-2-3-8-12(10)18-9-5-4-7-11(14-17)13(15)16/h2-3,6,8,11H,4-5,7,9H2,1H3,(H,15,16). The average Bonchev–Trinajstić information content (AvgIpc) is 2.35. The van der Waals surface area contributed by atoms with Crippen LogP contribution in [0.4, 0.5) is 0 Å². The quantitative estimate of drug-likeness (QED) is 0.569. The highest BCUT2D eigenvalue weighted by molar-refractivity contribution is 5.73. The molecule has 1 aromatic carbocycles. The van der Waals surface area contributed by atoms with Crippen LogP contribution in [0.5, 0.6) is 5.75 Å². The van der Waals surface area contributed by atoms with Crippen LogP contribution in [0, 0.1) is 11.8 Å². The van der Waals surface area contributed by atoms with Gasteiger partial charge in [0.15, 0.2) is 6.04 Å². The summed E-state index contributed by atoms with van der Waals surface area (Å²) in [6, 6.07) is 6.56. The highest BCUT2D eigenvalue weighted by Gasteiger charge is 2.16. The smallest absolute Gasteiger partial charge is 0.332 e. The molecule has 0 fully saturated rings. The summed E-state index contributed by atoms with van der Waals surface area (Å²) in [4.78, 5) is 20.7. The first-order valence-electron chi connectivity index (χ1n) is 5.89. The summed E-state index contributed by atoms with van der Waals surface area (Å²) >= 11 is 0. The van der Waals surface area contributed by atoms with E-state index in [9.17, 15) is 9.70 Å². The summed E-state index contributed by atoms with van der Waals surface area (Å²) in [5.41, 5.74) is 1.07. The molecule has 0 heterocycles. The Morgan fingerprint density at radius 1 is 1.39 bits per heavy atom. The molecule has 1 N–H and O–H groups in total. The van der Waals surface area contributed by atoms with Crippen molar-refractivity contribution in [3.8, 4) is 5.75 Å². The number of benzene rings is 1. The lowest BCUT2D eigenvalue weighted by Gasteiger charge is -2.08. The van der Waals surface area contributed by atoms with Gasteiger partial charge in [-0.05, 0) is 37.8 Å². The Labute approximate surface area is 106 Å². The lowest BCUT2D eigenvalue weighted by atomic mass is 10.1. The largest absolute Gasteiger partial charge is 0.493 e. The molecule has 0 spiro atoms. The van der Waals surface area contributed by atoms with E-state index < -0.39 is 12.0 Å². The van der Waals surface area contributed by atoms with Crippen LogP contribution in [0.1, 0.15) is 24.8 Å². The van der Waals surface area contributed by atoms with Gasteiger partial charge in [-0.15, -0.1) is 4.91 Å². The number of carboxylic acid groups (broad SMARTS) is 1. The van der Waals surface area contributed by atoms with Crippen LogP contribution in [0.2, 0.25) is 0 Å². The summed E-state index contributed by atoms with van der Waals surface area (Å²) in [6.07, 6.45) is 1.57. The third kappa shape index (κ3) is 4.53. The molecule has 1 aromatic rings. The molecule has 5 nitrogen and oxygen atoms in total. The Hall–Kier alpha value is -1.91. The van der Waals surface area contributed by atoms with Crippen molar-refractivity contribution in [1.29, 1.82) is 0 Å². The van der Waals surface area contributed by atoms with Crippen molar-refractivity contribution in [2.45, 2.75) is 32.2 Å². The van der Waals surface area contributed by atoms with Crippen LogP contribution in [0.25, 0.3) is 0 Å². The maximum atomic E-state index is 10.5. The zero-order valence-electron chi connectivity index (χ0n) is 10.3. The Bertz CT molecular complexity index is 406. The van der Waals surface area contributed by atoms with Gasteiger partial charge in [0.25, 0.3) is 0 Å². The van der Waals surface area contributed by atoms with Crippen molar-refractivity contribution in [3.05, 3.63) is 34.7 Å². The molecule has 1 unspecified atom stereocenters. The molecule has 1 rings (SSSR count). The van der Waals surface area contributed by atoms with E-state index in [0.717, 1.165) is 11.3 Å². The third-order valence-corrected chi connectivity index (χ3v) is 2.64. The van der Waals surface area contributed by atoms with Crippen LogP contribution in [0.15, 0.2) is 29.4 Å². The van der Waals surface area contributed by atoms with E-state index in [1.165, 1.54) is 0 Å². The Morgan fingerprint density at radius 2 is 2.11 bits per heavy atom. The van der Waals surface area contributed by atoms with Gasteiger partial charge in [0.1, 0.15) is 5.75 Å². The van der Waals surface area contributed by atoms with Crippen LogP contribution >= 0.6 is 0 Å². The van der Waals surface area contributed by atoms with Gasteiger partial charge >= 0.3 is 5.97 Å². The fourth-order valence-corrected chi connectivity index (χ4v) is 1.56. The molecule has 0 aromatic heterocycles.